The number of nitrogens with one attached hydrogen (secondary N) is 1. The Kier molecular flexibility index (Phi) is 4.42. The smallest absolute Gasteiger partial charge is 0.251 e. The minimum absolute atomic E-state index is 0.0765. The first-order valence-corrected chi connectivity index (χ1v) is 8.15. The van der Waals surface area contributed by atoms with Crippen molar-refractivity contribution in [3.8, 4) is 0 Å². The Morgan fingerprint density at radius 3 is 2.36 bits per heavy atom. The van der Waals surface area contributed by atoms with Gasteiger partial charge in [-0.25, -0.2) is 0 Å². The van der Waals surface area contributed by atoms with Crippen LogP contribution in [0.5, 0.6) is 0 Å². The number of amides is 1. The summed E-state index contributed by atoms with van der Waals surface area (Å²) in [6, 6.07) is 15.4. The zero-order chi connectivity index (χ0) is 15.6. The molecule has 1 saturated carbocycles. The molecule has 2 nitrogen and oxygen atoms in total. The van der Waals surface area contributed by atoms with E-state index in [1.54, 1.807) is 18.2 Å². The van der Waals surface area contributed by atoms with Crippen LogP contribution in [0, 0.1) is 0 Å². The largest absolute Gasteiger partial charge is 0.351 e. The summed E-state index contributed by atoms with van der Waals surface area (Å²) in [5.41, 5.74) is 1.92. The number of halogens is 2. The maximum Gasteiger partial charge on any atom is 0.251 e. The van der Waals surface area contributed by atoms with Crippen LogP contribution >= 0.6 is 23.2 Å². The molecule has 0 aliphatic heterocycles. The van der Waals surface area contributed by atoms with Crippen LogP contribution < -0.4 is 5.32 Å². The minimum Gasteiger partial charge on any atom is -0.351 e. The van der Waals surface area contributed by atoms with Gasteiger partial charge in [0.2, 0.25) is 0 Å². The molecule has 22 heavy (non-hydrogen) atoms. The average Bonchev–Trinajstić information content (AvgIpc) is 2.50. The molecule has 4 heteroatoms. The van der Waals surface area contributed by atoms with Crippen molar-refractivity contribution in [3.05, 3.63) is 69.7 Å². The van der Waals surface area contributed by atoms with E-state index in [2.05, 4.69) is 29.6 Å². The summed E-state index contributed by atoms with van der Waals surface area (Å²) in [6.07, 6.45) is 3.43. The fraction of sp³-hybridized carbons (Fsp3) is 0.278. The quantitative estimate of drug-likeness (QED) is 0.851. The maximum atomic E-state index is 12.3. The molecule has 2 aromatic carbocycles. The SMILES string of the molecule is O=C(NCC1(c2ccccc2)CCC1)c1ccc(Cl)c(Cl)c1. The second-order valence-corrected chi connectivity index (χ2v) is 6.63. The van der Waals surface area contributed by atoms with Gasteiger partial charge in [-0.05, 0) is 36.6 Å². The third-order valence-electron chi connectivity index (χ3n) is 4.47. The van der Waals surface area contributed by atoms with Gasteiger partial charge >= 0.3 is 0 Å². The number of carbonyl (C=O) groups excluding carboxylic acids is 1. The first-order valence-electron chi connectivity index (χ1n) is 7.40. The Morgan fingerprint density at radius 2 is 1.77 bits per heavy atom. The van der Waals surface area contributed by atoms with Crippen LogP contribution in [0.4, 0.5) is 0 Å². The standard InChI is InChI=1S/C18H17Cl2NO/c19-15-8-7-13(11-16(15)20)17(22)21-12-18(9-4-10-18)14-5-2-1-3-6-14/h1-3,5-8,11H,4,9-10,12H2,(H,21,22). The second kappa shape index (κ2) is 6.31. The van der Waals surface area contributed by atoms with Crippen LogP contribution in [0.2, 0.25) is 10.0 Å². The van der Waals surface area contributed by atoms with Crippen molar-refractivity contribution in [2.45, 2.75) is 24.7 Å². The summed E-state index contributed by atoms with van der Waals surface area (Å²) in [5, 5.41) is 3.90. The van der Waals surface area contributed by atoms with E-state index in [9.17, 15) is 4.79 Å². The number of carbonyl (C=O) groups is 1. The predicted molar refractivity (Wildman–Crippen MR) is 90.8 cm³/mol. The van der Waals surface area contributed by atoms with Gasteiger partial charge in [0.15, 0.2) is 0 Å². The van der Waals surface area contributed by atoms with Crippen LogP contribution in [0.25, 0.3) is 0 Å². The van der Waals surface area contributed by atoms with Crippen LogP contribution in [0.15, 0.2) is 48.5 Å². The van der Waals surface area contributed by atoms with E-state index in [0.29, 0.717) is 22.2 Å². The van der Waals surface area contributed by atoms with E-state index in [4.69, 9.17) is 23.2 Å². The molecule has 3 rings (SSSR count). The van der Waals surface area contributed by atoms with E-state index in [1.165, 1.54) is 12.0 Å². The molecule has 1 aliphatic rings. The van der Waals surface area contributed by atoms with Gasteiger partial charge in [-0.3, -0.25) is 4.79 Å². The van der Waals surface area contributed by atoms with Gasteiger partial charge in [0.1, 0.15) is 0 Å². The first-order chi connectivity index (χ1) is 10.6. The average molecular weight is 334 g/mol. The predicted octanol–water partition coefficient (Wildman–Crippen LogP) is 4.85. The molecule has 2 aromatic rings. The lowest BCUT2D eigenvalue weighted by Gasteiger charge is -2.42. The fourth-order valence-electron chi connectivity index (χ4n) is 2.95. The van der Waals surface area contributed by atoms with Crippen molar-refractivity contribution >= 4 is 29.1 Å². The molecule has 0 radical (unpaired) electrons. The van der Waals surface area contributed by atoms with Gasteiger partial charge < -0.3 is 5.32 Å². The molecule has 0 spiro atoms. The van der Waals surface area contributed by atoms with Crippen LogP contribution in [0.1, 0.15) is 35.2 Å². The van der Waals surface area contributed by atoms with E-state index < -0.39 is 0 Å². The van der Waals surface area contributed by atoms with Crippen molar-refractivity contribution in [2.75, 3.05) is 6.54 Å². The summed E-state index contributed by atoms with van der Waals surface area (Å²) in [5.74, 6) is -0.110. The van der Waals surface area contributed by atoms with E-state index in [0.717, 1.165) is 12.8 Å². The molecular weight excluding hydrogens is 317 g/mol. The van der Waals surface area contributed by atoms with Crippen molar-refractivity contribution in [1.82, 2.24) is 5.32 Å². The topological polar surface area (TPSA) is 29.1 Å². The van der Waals surface area contributed by atoms with E-state index in [-0.39, 0.29) is 11.3 Å². The van der Waals surface area contributed by atoms with Gasteiger partial charge in [0.25, 0.3) is 5.91 Å². The number of benzene rings is 2. The fourth-order valence-corrected chi connectivity index (χ4v) is 3.25. The van der Waals surface area contributed by atoms with Gasteiger partial charge in [-0.15, -0.1) is 0 Å². The lowest BCUT2D eigenvalue weighted by atomic mass is 9.64. The Labute approximate surface area is 140 Å². The van der Waals surface area contributed by atoms with Crippen molar-refractivity contribution in [2.24, 2.45) is 0 Å². The first kappa shape index (κ1) is 15.4. The normalized spacial score (nSPS) is 15.9. The van der Waals surface area contributed by atoms with Crippen LogP contribution in [-0.4, -0.2) is 12.5 Å². The summed E-state index contributed by atoms with van der Waals surface area (Å²) < 4.78 is 0. The Balaban J connectivity index is 1.71. The summed E-state index contributed by atoms with van der Waals surface area (Å²) in [6.45, 7) is 0.649. The summed E-state index contributed by atoms with van der Waals surface area (Å²) >= 11 is 11.9. The van der Waals surface area contributed by atoms with Gasteiger partial charge in [-0.2, -0.15) is 0 Å². The van der Waals surface area contributed by atoms with Crippen molar-refractivity contribution in [1.29, 1.82) is 0 Å². The van der Waals surface area contributed by atoms with Crippen LogP contribution in [-0.2, 0) is 5.41 Å². The zero-order valence-corrected chi connectivity index (χ0v) is 13.6. The molecule has 0 saturated heterocycles. The monoisotopic (exact) mass is 333 g/mol. The number of rotatable bonds is 4. The third-order valence-corrected chi connectivity index (χ3v) is 5.20. The summed E-state index contributed by atoms with van der Waals surface area (Å²) in [4.78, 5) is 12.3. The highest BCUT2D eigenvalue weighted by Crippen LogP contribution is 2.43. The lowest BCUT2D eigenvalue weighted by Crippen LogP contribution is -2.45. The van der Waals surface area contributed by atoms with E-state index in [1.807, 2.05) is 6.07 Å². The molecule has 1 aliphatic carbocycles. The zero-order valence-electron chi connectivity index (χ0n) is 12.1. The molecule has 0 unspecified atom stereocenters. The van der Waals surface area contributed by atoms with E-state index >= 15 is 0 Å². The third kappa shape index (κ3) is 2.99. The molecule has 0 bridgehead atoms. The van der Waals surface area contributed by atoms with Gasteiger partial charge in [-0.1, -0.05) is 60.0 Å². The van der Waals surface area contributed by atoms with Crippen LogP contribution in [0.3, 0.4) is 0 Å². The maximum absolute atomic E-state index is 12.3. The van der Waals surface area contributed by atoms with Crippen molar-refractivity contribution < 1.29 is 4.79 Å². The van der Waals surface area contributed by atoms with Gasteiger partial charge in [0.05, 0.1) is 10.0 Å². The molecule has 1 N–H and O–H groups in total. The molecule has 1 amide bonds. The Hall–Kier alpha value is -1.51. The highest BCUT2D eigenvalue weighted by Gasteiger charge is 2.38. The molecule has 0 heterocycles. The molecule has 0 aromatic heterocycles. The molecular formula is C18H17Cl2NO. The highest BCUT2D eigenvalue weighted by atomic mass is 35.5. The number of hydrogen-bond acceptors (Lipinski definition) is 1. The second-order valence-electron chi connectivity index (χ2n) is 5.81. The lowest BCUT2D eigenvalue weighted by molar-refractivity contribution is 0.0928. The highest BCUT2D eigenvalue weighted by molar-refractivity contribution is 6.42. The molecule has 0 atom stereocenters. The Morgan fingerprint density at radius 1 is 1.05 bits per heavy atom. The number of hydrogen-bond donors (Lipinski definition) is 1. The minimum atomic E-state index is -0.110. The summed E-state index contributed by atoms with van der Waals surface area (Å²) in [7, 11) is 0. The van der Waals surface area contributed by atoms with Crippen molar-refractivity contribution in [3.63, 3.8) is 0 Å². The van der Waals surface area contributed by atoms with Gasteiger partial charge in [0, 0.05) is 17.5 Å². The Bertz CT molecular complexity index is 681. The molecule has 1 fully saturated rings. The molecule has 114 valence electrons.